The largest absolute Gasteiger partial charge is 0.501 e. The van der Waals surface area contributed by atoms with Crippen molar-refractivity contribution < 1.29 is 9.53 Å². The van der Waals surface area contributed by atoms with Gasteiger partial charge in [0.1, 0.15) is 0 Å². The van der Waals surface area contributed by atoms with Gasteiger partial charge in [0.05, 0.1) is 18.4 Å². The maximum absolute atomic E-state index is 11.5. The van der Waals surface area contributed by atoms with Crippen LogP contribution >= 0.6 is 11.6 Å². The Hall–Kier alpha value is -1.48. The molecule has 1 amide bonds. The quantitative estimate of drug-likeness (QED) is 0.618. The molecule has 0 bridgehead atoms. The number of fused-ring (bicyclic) bond motifs is 1. The van der Waals surface area contributed by atoms with Gasteiger partial charge in [0.15, 0.2) is 0 Å². The first kappa shape index (κ1) is 10.1. The average molecular weight is 224 g/mol. The van der Waals surface area contributed by atoms with Crippen LogP contribution in [0.2, 0.25) is 5.02 Å². The Morgan fingerprint density at radius 1 is 1.53 bits per heavy atom. The number of carbonyl (C=O) groups is 1. The number of rotatable bonds is 2. The van der Waals surface area contributed by atoms with Crippen molar-refractivity contribution in [3.05, 3.63) is 35.0 Å². The first-order chi connectivity index (χ1) is 7.22. The van der Waals surface area contributed by atoms with Gasteiger partial charge in [-0.05, 0) is 25.1 Å². The molecule has 1 N–H and O–H groups in total. The van der Waals surface area contributed by atoms with E-state index in [-0.39, 0.29) is 5.91 Å². The first-order valence-corrected chi connectivity index (χ1v) is 5.03. The molecule has 1 aliphatic rings. The van der Waals surface area contributed by atoms with Crippen LogP contribution < -0.4 is 5.32 Å². The first-order valence-electron chi connectivity index (χ1n) is 4.65. The van der Waals surface area contributed by atoms with E-state index in [9.17, 15) is 4.79 Å². The van der Waals surface area contributed by atoms with E-state index in [1.54, 1.807) is 18.2 Å². The highest BCUT2D eigenvalue weighted by atomic mass is 35.5. The lowest BCUT2D eigenvalue weighted by molar-refractivity contribution is -0.110. The van der Waals surface area contributed by atoms with Gasteiger partial charge in [-0.25, -0.2) is 0 Å². The molecule has 0 atom stereocenters. The second kappa shape index (κ2) is 3.95. The van der Waals surface area contributed by atoms with E-state index < -0.39 is 0 Å². The molecule has 0 radical (unpaired) electrons. The molecule has 1 aliphatic heterocycles. The third kappa shape index (κ3) is 1.83. The molecule has 2 rings (SSSR count). The number of hydrogen-bond acceptors (Lipinski definition) is 2. The summed E-state index contributed by atoms with van der Waals surface area (Å²) in [6, 6.07) is 5.27. The van der Waals surface area contributed by atoms with Crippen molar-refractivity contribution in [3.8, 4) is 0 Å². The number of halogens is 1. The Bertz CT molecular complexity index is 440. The summed E-state index contributed by atoms with van der Waals surface area (Å²) >= 11 is 5.86. The number of benzene rings is 1. The van der Waals surface area contributed by atoms with Crippen molar-refractivity contribution in [2.45, 2.75) is 6.92 Å². The summed E-state index contributed by atoms with van der Waals surface area (Å²) in [7, 11) is 0. The maximum atomic E-state index is 11.5. The Morgan fingerprint density at radius 2 is 2.33 bits per heavy atom. The molecule has 0 saturated heterocycles. The number of ether oxygens (including phenoxy) is 1. The zero-order valence-corrected chi connectivity index (χ0v) is 8.97. The van der Waals surface area contributed by atoms with Gasteiger partial charge in [0, 0.05) is 16.3 Å². The van der Waals surface area contributed by atoms with Gasteiger partial charge in [0.2, 0.25) is 0 Å². The van der Waals surface area contributed by atoms with Gasteiger partial charge in [-0.2, -0.15) is 0 Å². The van der Waals surface area contributed by atoms with E-state index in [0.29, 0.717) is 17.2 Å². The maximum Gasteiger partial charge on any atom is 0.259 e. The fourth-order valence-corrected chi connectivity index (χ4v) is 1.62. The van der Waals surface area contributed by atoms with Crippen LogP contribution in [0.5, 0.6) is 0 Å². The molecule has 0 saturated carbocycles. The van der Waals surface area contributed by atoms with Gasteiger partial charge in [0.25, 0.3) is 5.91 Å². The van der Waals surface area contributed by atoms with Crippen LogP contribution in [0.25, 0.3) is 5.57 Å². The Morgan fingerprint density at radius 3 is 3.07 bits per heavy atom. The summed E-state index contributed by atoms with van der Waals surface area (Å²) in [6.45, 7) is 2.40. The van der Waals surface area contributed by atoms with Gasteiger partial charge in [-0.3, -0.25) is 4.79 Å². The van der Waals surface area contributed by atoms with Crippen LogP contribution in [-0.2, 0) is 9.53 Å². The van der Waals surface area contributed by atoms with Crippen molar-refractivity contribution in [1.82, 2.24) is 0 Å². The van der Waals surface area contributed by atoms with Crippen LogP contribution in [0.1, 0.15) is 12.5 Å². The third-order valence-corrected chi connectivity index (χ3v) is 2.37. The Kier molecular flexibility index (Phi) is 2.64. The standard InChI is InChI=1S/C11H10ClNO2/c1-2-15-6-9-8-5-7(12)3-4-10(8)13-11(9)14/h3-6H,2H2,1H3,(H,13,14)/b9-6+. The number of nitrogens with one attached hydrogen (secondary N) is 1. The summed E-state index contributed by atoms with van der Waals surface area (Å²) in [5.74, 6) is -0.152. The molecule has 15 heavy (non-hydrogen) atoms. The second-order valence-electron chi connectivity index (χ2n) is 3.13. The number of carbonyl (C=O) groups excluding carboxylic acids is 1. The summed E-state index contributed by atoms with van der Waals surface area (Å²) < 4.78 is 5.12. The monoisotopic (exact) mass is 223 g/mol. The lowest BCUT2D eigenvalue weighted by Crippen LogP contribution is -2.04. The number of amides is 1. The molecule has 3 nitrogen and oxygen atoms in total. The summed E-state index contributed by atoms with van der Waals surface area (Å²) in [5, 5.41) is 3.34. The van der Waals surface area contributed by atoms with Crippen molar-refractivity contribution >= 4 is 28.8 Å². The van der Waals surface area contributed by atoms with E-state index in [1.807, 2.05) is 6.92 Å². The molecule has 0 fully saturated rings. The fourth-order valence-electron chi connectivity index (χ4n) is 1.44. The van der Waals surface area contributed by atoms with E-state index in [2.05, 4.69) is 5.32 Å². The van der Waals surface area contributed by atoms with Gasteiger partial charge in [-0.15, -0.1) is 0 Å². The minimum absolute atomic E-state index is 0.152. The highest BCUT2D eigenvalue weighted by molar-refractivity contribution is 6.34. The zero-order chi connectivity index (χ0) is 10.8. The zero-order valence-electron chi connectivity index (χ0n) is 8.21. The SMILES string of the molecule is CCO/C=C1/C(=O)Nc2ccc(Cl)cc21. The third-order valence-electron chi connectivity index (χ3n) is 2.13. The molecule has 0 aromatic heterocycles. The van der Waals surface area contributed by atoms with Crippen molar-refractivity contribution in [2.24, 2.45) is 0 Å². The molecular formula is C11H10ClNO2. The van der Waals surface area contributed by atoms with Crippen molar-refractivity contribution in [2.75, 3.05) is 11.9 Å². The molecule has 4 heteroatoms. The lowest BCUT2D eigenvalue weighted by Gasteiger charge is -1.99. The second-order valence-corrected chi connectivity index (χ2v) is 3.57. The lowest BCUT2D eigenvalue weighted by atomic mass is 10.1. The van der Waals surface area contributed by atoms with Gasteiger partial charge >= 0.3 is 0 Å². The van der Waals surface area contributed by atoms with Gasteiger partial charge in [-0.1, -0.05) is 11.6 Å². The minimum atomic E-state index is -0.152. The molecule has 1 aromatic rings. The van der Waals surface area contributed by atoms with Crippen LogP contribution in [0.15, 0.2) is 24.5 Å². The number of anilines is 1. The highest BCUT2D eigenvalue weighted by Crippen LogP contribution is 2.33. The van der Waals surface area contributed by atoms with Crippen LogP contribution in [0, 0.1) is 0 Å². The predicted molar refractivity (Wildman–Crippen MR) is 59.7 cm³/mol. The Balaban J connectivity index is 2.44. The summed E-state index contributed by atoms with van der Waals surface area (Å²) in [6.07, 6.45) is 1.47. The van der Waals surface area contributed by atoms with E-state index >= 15 is 0 Å². The van der Waals surface area contributed by atoms with Gasteiger partial charge < -0.3 is 10.1 Å². The smallest absolute Gasteiger partial charge is 0.259 e. The van der Waals surface area contributed by atoms with E-state index in [1.165, 1.54) is 6.26 Å². The molecule has 1 heterocycles. The normalized spacial score (nSPS) is 16.4. The molecule has 0 aliphatic carbocycles. The molecule has 1 aromatic carbocycles. The summed E-state index contributed by atoms with van der Waals surface area (Å²) in [4.78, 5) is 11.5. The van der Waals surface area contributed by atoms with Crippen LogP contribution in [0.4, 0.5) is 5.69 Å². The van der Waals surface area contributed by atoms with Crippen LogP contribution in [-0.4, -0.2) is 12.5 Å². The number of hydrogen-bond donors (Lipinski definition) is 1. The van der Waals surface area contributed by atoms with Crippen molar-refractivity contribution in [3.63, 3.8) is 0 Å². The molecule has 78 valence electrons. The average Bonchev–Trinajstić information content (AvgIpc) is 2.51. The fraction of sp³-hybridized carbons (Fsp3) is 0.182. The van der Waals surface area contributed by atoms with Crippen LogP contribution in [0.3, 0.4) is 0 Å². The highest BCUT2D eigenvalue weighted by Gasteiger charge is 2.24. The minimum Gasteiger partial charge on any atom is -0.501 e. The molecular weight excluding hydrogens is 214 g/mol. The summed E-state index contributed by atoms with van der Waals surface area (Å²) in [5.41, 5.74) is 2.09. The van der Waals surface area contributed by atoms with Crippen molar-refractivity contribution in [1.29, 1.82) is 0 Å². The molecule has 0 spiro atoms. The topological polar surface area (TPSA) is 38.3 Å². The van der Waals surface area contributed by atoms with E-state index in [4.69, 9.17) is 16.3 Å². The Labute approximate surface area is 92.7 Å². The van der Waals surface area contributed by atoms with E-state index in [0.717, 1.165) is 11.3 Å². The predicted octanol–water partition coefficient (Wildman–Crippen LogP) is 2.67. The molecule has 0 unspecified atom stereocenters.